The molecule has 0 fully saturated rings. The molecule has 0 bridgehead atoms. The fourth-order valence-corrected chi connectivity index (χ4v) is 1.22. The molecule has 23 heavy (non-hydrogen) atoms. The molecule has 0 radical (unpaired) electrons. The van der Waals surface area contributed by atoms with Crippen molar-refractivity contribution in [2.45, 2.75) is 52.6 Å². The second-order valence-electron chi connectivity index (χ2n) is 5.75. The van der Waals surface area contributed by atoms with Gasteiger partial charge in [-0.3, -0.25) is 14.4 Å². The first-order chi connectivity index (χ1) is 10.3. The van der Waals surface area contributed by atoms with Crippen LogP contribution in [0.2, 0.25) is 0 Å². The van der Waals surface area contributed by atoms with Gasteiger partial charge in [-0.15, -0.1) is 0 Å². The van der Waals surface area contributed by atoms with Gasteiger partial charge in [-0.25, -0.2) is 0 Å². The lowest BCUT2D eigenvalue weighted by atomic mass is 10.1. The summed E-state index contributed by atoms with van der Waals surface area (Å²) in [4.78, 5) is 29.5. The summed E-state index contributed by atoms with van der Waals surface area (Å²) >= 11 is 0. The van der Waals surface area contributed by atoms with E-state index < -0.39 is 30.0 Å². The molecule has 0 saturated heterocycles. The topological polar surface area (TPSA) is 190 Å². The fourth-order valence-electron chi connectivity index (χ4n) is 1.22. The standard InChI is InChI=1S/2C6H13NO2.C2H5NO2/c2*1-4(2)3-5(7)6(8)9;3-1-2(4)5/h2*4-5H,3,7H2,1-2H3,(H,8,9);1,3H2,(H,4,5)/t2*5-;/m11./s1. The van der Waals surface area contributed by atoms with Gasteiger partial charge in [0.1, 0.15) is 12.1 Å². The summed E-state index contributed by atoms with van der Waals surface area (Å²) in [5.74, 6) is -2.08. The van der Waals surface area contributed by atoms with Crippen LogP contribution in [0.25, 0.3) is 0 Å². The van der Waals surface area contributed by atoms with Crippen LogP contribution in [0.4, 0.5) is 0 Å². The van der Waals surface area contributed by atoms with Gasteiger partial charge in [-0.2, -0.15) is 0 Å². The van der Waals surface area contributed by atoms with Crippen LogP contribution in [0.1, 0.15) is 40.5 Å². The second kappa shape index (κ2) is 15.2. The summed E-state index contributed by atoms with van der Waals surface area (Å²) in [5.41, 5.74) is 15.0. The third kappa shape index (κ3) is 25.6. The highest BCUT2D eigenvalue weighted by Crippen LogP contribution is 2.02. The van der Waals surface area contributed by atoms with Crippen molar-refractivity contribution in [3.05, 3.63) is 0 Å². The van der Waals surface area contributed by atoms with Crippen molar-refractivity contribution < 1.29 is 29.7 Å². The average Bonchev–Trinajstić information content (AvgIpc) is 2.38. The maximum Gasteiger partial charge on any atom is 0.320 e. The minimum absolute atomic E-state index is 0.278. The minimum atomic E-state index is -0.968. The lowest BCUT2D eigenvalue weighted by Gasteiger charge is -2.07. The predicted octanol–water partition coefficient (Wildman–Crippen LogP) is -0.0815. The SMILES string of the molecule is CC(C)C[C@@H](N)C(=O)O.CC(C)C[C@@H](N)C(=O)O.NCC(=O)O. The fraction of sp³-hybridized carbons (Fsp3) is 0.786. The van der Waals surface area contributed by atoms with Gasteiger partial charge in [0.05, 0.1) is 6.54 Å². The number of aliphatic carboxylic acids is 3. The van der Waals surface area contributed by atoms with Crippen LogP contribution in [0.5, 0.6) is 0 Å². The minimum Gasteiger partial charge on any atom is -0.480 e. The Morgan fingerprint density at radius 1 is 0.783 bits per heavy atom. The van der Waals surface area contributed by atoms with E-state index in [1.165, 1.54) is 0 Å². The lowest BCUT2D eigenvalue weighted by molar-refractivity contribution is -0.139. The van der Waals surface area contributed by atoms with E-state index in [9.17, 15) is 14.4 Å². The first-order valence-electron chi connectivity index (χ1n) is 7.23. The van der Waals surface area contributed by atoms with Crippen molar-refractivity contribution in [1.29, 1.82) is 0 Å². The smallest absolute Gasteiger partial charge is 0.320 e. The van der Waals surface area contributed by atoms with E-state index in [0.717, 1.165) is 0 Å². The molecule has 0 aromatic rings. The Balaban J connectivity index is -0.000000273. The largest absolute Gasteiger partial charge is 0.480 e. The molecule has 0 aromatic carbocycles. The molecular formula is C14H31N3O6. The van der Waals surface area contributed by atoms with E-state index in [1.54, 1.807) is 0 Å². The van der Waals surface area contributed by atoms with Crippen molar-refractivity contribution in [1.82, 2.24) is 0 Å². The Morgan fingerprint density at radius 2 is 1.00 bits per heavy atom. The molecule has 0 saturated carbocycles. The first kappa shape index (κ1) is 26.2. The average molecular weight is 337 g/mol. The molecule has 0 spiro atoms. The van der Waals surface area contributed by atoms with Gasteiger partial charge in [0.2, 0.25) is 0 Å². The molecule has 0 aliphatic heterocycles. The Hall–Kier alpha value is -1.71. The quantitative estimate of drug-likeness (QED) is 0.368. The van der Waals surface area contributed by atoms with Crippen molar-refractivity contribution in [2.75, 3.05) is 6.54 Å². The summed E-state index contributed by atoms with van der Waals surface area (Å²) in [6.45, 7) is 7.51. The molecule has 0 amide bonds. The number of rotatable bonds is 7. The zero-order chi connectivity index (χ0) is 19.2. The monoisotopic (exact) mass is 337 g/mol. The molecule has 138 valence electrons. The number of nitrogens with two attached hydrogens (primary N) is 3. The third-order valence-electron chi connectivity index (χ3n) is 2.26. The number of carboxylic acids is 3. The Morgan fingerprint density at radius 3 is 1.04 bits per heavy atom. The number of carboxylic acid groups (broad SMARTS) is 3. The lowest BCUT2D eigenvalue weighted by Crippen LogP contribution is -2.31. The molecule has 0 aliphatic carbocycles. The van der Waals surface area contributed by atoms with Crippen LogP contribution in [0, 0.1) is 11.8 Å². The Labute approximate surface area is 136 Å². The van der Waals surface area contributed by atoms with Crippen LogP contribution in [-0.2, 0) is 14.4 Å². The van der Waals surface area contributed by atoms with Crippen LogP contribution < -0.4 is 17.2 Å². The van der Waals surface area contributed by atoms with Gasteiger partial charge >= 0.3 is 17.9 Å². The van der Waals surface area contributed by atoms with Crippen LogP contribution in [0.15, 0.2) is 0 Å². The van der Waals surface area contributed by atoms with E-state index in [0.29, 0.717) is 24.7 Å². The molecule has 2 atom stereocenters. The van der Waals surface area contributed by atoms with Gasteiger partial charge in [-0.05, 0) is 24.7 Å². The van der Waals surface area contributed by atoms with Gasteiger partial charge < -0.3 is 32.5 Å². The Kier molecular flexibility index (Phi) is 17.3. The van der Waals surface area contributed by atoms with Gasteiger partial charge in [0.25, 0.3) is 0 Å². The number of carbonyl (C=O) groups is 3. The van der Waals surface area contributed by atoms with Crippen molar-refractivity contribution in [2.24, 2.45) is 29.0 Å². The molecule has 0 unspecified atom stereocenters. The van der Waals surface area contributed by atoms with Gasteiger partial charge in [-0.1, -0.05) is 27.7 Å². The summed E-state index contributed by atoms with van der Waals surface area (Å²) in [6.07, 6.45) is 1.10. The van der Waals surface area contributed by atoms with Crippen molar-refractivity contribution in [3.8, 4) is 0 Å². The number of hydrogen-bond acceptors (Lipinski definition) is 6. The molecular weight excluding hydrogens is 306 g/mol. The highest BCUT2D eigenvalue weighted by Gasteiger charge is 2.12. The van der Waals surface area contributed by atoms with E-state index >= 15 is 0 Å². The van der Waals surface area contributed by atoms with Gasteiger partial charge in [0.15, 0.2) is 0 Å². The van der Waals surface area contributed by atoms with Crippen molar-refractivity contribution in [3.63, 3.8) is 0 Å². The molecule has 0 aliphatic rings. The van der Waals surface area contributed by atoms with E-state index in [2.05, 4.69) is 5.73 Å². The molecule has 9 N–H and O–H groups in total. The van der Waals surface area contributed by atoms with E-state index in [1.807, 2.05) is 27.7 Å². The van der Waals surface area contributed by atoms with E-state index in [-0.39, 0.29) is 6.54 Å². The molecule has 0 rings (SSSR count). The predicted molar refractivity (Wildman–Crippen MR) is 86.8 cm³/mol. The highest BCUT2D eigenvalue weighted by molar-refractivity contribution is 5.73. The van der Waals surface area contributed by atoms with Crippen LogP contribution >= 0.6 is 0 Å². The second-order valence-corrected chi connectivity index (χ2v) is 5.75. The maximum atomic E-state index is 10.1. The molecule has 9 heteroatoms. The van der Waals surface area contributed by atoms with Crippen molar-refractivity contribution >= 4 is 17.9 Å². The normalized spacial score (nSPS) is 12.4. The number of hydrogen-bond donors (Lipinski definition) is 6. The zero-order valence-electron chi connectivity index (χ0n) is 14.2. The van der Waals surface area contributed by atoms with Crippen LogP contribution in [0.3, 0.4) is 0 Å². The highest BCUT2D eigenvalue weighted by atomic mass is 16.4. The van der Waals surface area contributed by atoms with E-state index in [4.69, 9.17) is 26.8 Å². The first-order valence-corrected chi connectivity index (χ1v) is 7.23. The molecule has 0 aromatic heterocycles. The van der Waals surface area contributed by atoms with Gasteiger partial charge in [0, 0.05) is 0 Å². The van der Waals surface area contributed by atoms with Crippen LogP contribution in [-0.4, -0.2) is 51.9 Å². The molecule has 0 heterocycles. The third-order valence-corrected chi connectivity index (χ3v) is 2.26. The zero-order valence-corrected chi connectivity index (χ0v) is 14.2. The summed E-state index contributed by atoms with van der Waals surface area (Å²) in [5, 5.41) is 24.2. The summed E-state index contributed by atoms with van der Waals surface area (Å²) in [7, 11) is 0. The molecule has 9 nitrogen and oxygen atoms in total. The Bertz CT molecular complexity index is 321. The maximum absolute atomic E-state index is 10.1. The summed E-state index contributed by atoms with van der Waals surface area (Å²) in [6, 6.07) is -1.38. The summed E-state index contributed by atoms with van der Waals surface area (Å²) < 4.78 is 0.